The molecule has 1 heterocycles. The Labute approximate surface area is 107 Å². The van der Waals surface area contributed by atoms with E-state index in [-0.39, 0.29) is 5.91 Å². The van der Waals surface area contributed by atoms with Gasteiger partial charge in [0, 0.05) is 11.6 Å². The van der Waals surface area contributed by atoms with Crippen molar-refractivity contribution < 1.29 is 9.21 Å². The summed E-state index contributed by atoms with van der Waals surface area (Å²) in [5, 5.41) is 0. The molecule has 1 saturated carbocycles. The molecule has 0 unspecified atom stereocenters. The van der Waals surface area contributed by atoms with Crippen molar-refractivity contribution >= 4 is 5.91 Å². The summed E-state index contributed by atoms with van der Waals surface area (Å²) in [6.07, 6.45) is 5.14. The molecule has 1 amide bonds. The van der Waals surface area contributed by atoms with Crippen molar-refractivity contribution in [1.29, 1.82) is 0 Å². The third-order valence-corrected chi connectivity index (χ3v) is 3.66. The molecule has 0 aromatic carbocycles. The molecule has 1 aromatic rings. The summed E-state index contributed by atoms with van der Waals surface area (Å²) in [5.74, 6) is 5.87. The van der Waals surface area contributed by atoms with Gasteiger partial charge in [-0.05, 0) is 32.9 Å². The predicted molar refractivity (Wildman–Crippen MR) is 68.8 cm³/mol. The molecule has 5 heteroatoms. The highest BCUT2D eigenvalue weighted by Crippen LogP contribution is 2.24. The van der Waals surface area contributed by atoms with Crippen molar-refractivity contribution in [3.8, 4) is 0 Å². The Kier molecular flexibility index (Phi) is 4.04. The van der Waals surface area contributed by atoms with Crippen LogP contribution in [-0.4, -0.2) is 23.9 Å². The van der Waals surface area contributed by atoms with E-state index in [4.69, 9.17) is 10.3 Å². The number of hydrazine groups is 1. The van der Waals surface area contributed by atoms with Crippen LogP contribution in [0.2, 0.25) is 0 Å². The Morgan fingerprint density at radius 3 is 2.83 bits per heavy atom. The highest BCUT2D eigenvalue weighted by Gasteiger charge is 2.21. The van der Waals surface area contributed by atoms with E-state index in [1.807, 2.05) is 13.0 Å². The van der Waals surface area contributed by atoms with E-state index in [2.05, 4.69) is 17.4 Å². The Morgan fingerprint density at radius 2 is 2.22 bits per heavy atom. The van der Waals surface area contributed by atoms with E-state index in [0.717, 1.165) is 17.9 Å². The van der Waals surface area contributed by atoms with Crippen LogP contribution in [0.4, 0.5) is 0 Å². The number of nitrogens with two attached hydrogens (primary N) is 1. The molecule has 2 rings (SSSR count). The molecule has 0 bridgehead atoms. The van der Waals surface area contributed by atoms with E-state index >= 15 is 0 Å². The molecule has 1 aromatic heterocycles. The Morgan fingerprint density at radius 1 is 1.56 bits per heavy atom. The lowest BCUT2D eigenvalue weighted by atomic mass is 10.2. The maximum atomic E-state index is 11.4. The quantitative estimate of drug-likeness (QED) is 0.484. The van der Waals surface area contributed by atoms with Crippen LogP contribution < -0.4 is 11.3 Å². The number of furan rings is 1. The summed E-state index contributed by atoms with van der Waals surface area (Å²) in [6.45, 7) is 2.59. The number of carbonyl (C=O) groups is 1. The predicted octanol–water partition coefficient (Wildman–Crippen LogP) is 1.57. The fourth-order valence-electron chi connectivity index (χ4n) is 2.64. The fourth-order valence-corrected chi connectivity index (χ4v) is 2.64. The summed E-state index contributed by atoms with van der Waals surface area (Å²) in [6, 6.07) is 2.55. The number of rotatable bonds is 4. The van der Waals surface area contributed by atoms with Crippen LogP contribution >= 0.6 is 0 Å². The molecule has 5 nitrogen and oxygen atoms in total. The molecule has 0 aliphatic heterocycles. The first-order valence-electron chi connectivity index (χ1n) is 6.42. The van der Waals surface area contributed by atoms with Gasteiger partial charge in [0.15, 0.2) is 5.76 Å². The van der Waals surface area contributed by atoms with Crippen LogP contribution in [0.5, 0.6) is 0 Å². The molecule has 18 heavy (non-hydrogen) atoms. The molecule has 0 atom stereocenters. The summed E-state index contributed by atoms with van der Waals surface area (Å²) < 4.78 is 5.56. The monoisotopic (exact) mass is 251 g/mol. The normalized spacial score (nSPS) is 16.4. The number of nitrogens with one attached hydrogen (secondary N) is 1. The van der Waals surface area contributed by atoms with Gasteiger partial charge >= 0.3 is 5.91 Å². The van der Waals surface area contributed by atoms with Gasteiger partial charge in [-0.1, -0.05) is 12.8 Å². The smallest absolute Gasteiger partial charge is 0.301 e. The molecule has 1 fully saturated rings. The van der Waals surface area contributed by atoms with Crippen molar-refractivity contribution in [2.75, 3.05) is 7.05 Å². The molecular formula is C13H21N3O2. The summed E-state index contributed by atoms with van der Waals surface area (Å²) in [4.78, 5) is 13.7. The maximum absolute atomic E-state index is 11.4. The zero-order valence-corrected chi connectivity index (χ0v) is 11.0. The number of hydrogen-bond donors (Lipinski definition) is 2. The summed E-state index contributed by atoms with van der Waals surface area (Å²) >= 11 is 0. The van der Waals surface area contributed by atoms with Crippen LogP contribution in [0.25, 0.3) is 0 Å². The first-order valence-corrected chi connectivity index (χ1v) is 6.42. The highest BCUT2D eigenvalue weighted by molar-refractivity contribution is 5.92. The lowest BCUT2D eigenvalue weighted by molar-refractivity contribution is 0.0920. The minimum Gasteiger partial charge on any atom is -0.454 e. The summed E-state index contributed by atoms with van der Waals surface area (Å²) in [7, 11) is 2.11. The summed E-state index contributed by atoms with van der Waals surface area (Å²) in [5.41, 5.74) is 2.92. The van der Waals surface area contributed by atoms with Crippen molar-refractivity contribution in [1.82, 2.24) is 10.3 Å². The molecular weight excluding hydrogens is 230 g/mol. The Hall–Kier alpha value is -1.33. The number of amides is 1. The molecule has 3 N–H and O–H groups in total. The second kappa shape index (κ2) is 5.54. The first-order chi connectivity index (χ1) is 8.61. The van der Waals surface area contributed by atoms with Crippen molar-refractivity contribution in [3.63, 3.8) is 0 Å². The van der Waals surface area contributed by atoms with E-state index < -0.39 is 0 Å². The van der Waals surface area contributed by atoms with Gasteiger partial charge in [-0.3, -0.25) is 15.1 Å². The lowest BCUT2D eigenvalue weighted by Crippen LogP contribution is -2.30. The molecule has 0 radical (unpaired) electrons. The maximum Gasteiger partial charge on any atom is 0.301 e. The van der Waals surface area contributed by atoms with Crippen LogP contribution in [0.3, 0.4) is 0 Å². The largest absolute Gasteiger partial charge is 0.454 e. The van der Waals surface area contributed by atoms with Crippen molar-refractivity contribution in [2.24, 2.45) is 5.84 Å². The van der Waals surface area contributed by atoms with E-state index in [1.54, 1.807) is 0 Å². The lowest BCUT2D eigenvalue weighted by Gasteiger charge is -2.22. The molecule has 1 aliphatic rings. The van der Waals surface area contributed by atoms with Gasteiger partial charge in [-0.2, -0.15) is 0 Å². The fraction of sp³-hybridized carbons (Fsp3) is 0.615. The SMILES string of the molecule is Cc1cc(CN(C)C2CCCC2)oc1C(=O)NN. The van der Waals surface area contributed by atoms with Crippen LogP contribution in [-0.2, 0) is 6.54 Å². The number of carbonyl (C=O) groups excluding carboxylic acids is 1. The van der Waals surface area contributed by atoms with Crippen LogP contribution in [0.15, 0.2) is 10.5 Å². The zero-order valence-electron chi connectivity index (χ0n) is 11.0. The number of aryl methyl sites for hydroxylation is 1. The number of hydrogen-bond acceptors (Lipinski definition) is 4. The topological polar surface area (TPSA) is 71.5 Å². The van der Waals surface area contributed by atoms with Crippen LogP contribution in [0.1, 0.15) is 47.6 Å². The average molecular weight is 251 g/mol. The third-order valence-electron chi connectivity index (χ3n) is 3.66. The molecule has 0 spiro atoms. The highest BCUT2D eigenvalue weighted by atomic mass is 16.4. The Balaban J connectivity index is 2.03. The standard InChI is InChI=1S/C13H21N3O2/c1-9-7-11(18-12(9)13(17)15-14)8-16(2)10-5-3-4-6-10/h7,10H,3-6,8,14H2,1-2H3,(H,15,17). The minimum absolute atomic E-state index is 0.312. The van der Waals surface area contributed by atoms with Gasteiger partial charge in [-0.25, -0.2) is 5.84 Å². The minimum atomic E-state index is -0.373. The van der Waals surface area contributed by atoms with E-state index in [0.29, 0.717) is 11.8 Å². The van der Waals surface area contributed by atoms with Crippen molar-refractivity contribution in [2.45, 2.75) is 45.2 Å². The van der Waals surface area contributed by atoms with E-state index in [9.17, 15) is 4.79 Å². The zero-order chi connectivity index (χ0) is 13.1. The number of nitrogen functional groups attached to an aromatic ring is 1. The van der Waals surface area contributed by atoms with Gasteiger partial charge in [0.2, 0.25) is 0 Å². The second-order valence-corrected chi connectivity index (χ2v) is 5.05. The van der Waals surface area contributed by atoms with E-state index in [1.165, 1.54) is 25.7 Å². The molecule has 0 saturated heterocycles. The average Bonchev–Trinajstić information content (AvgIpc) is 2.97. The van der Waals surface area contributed by atoms with Gasteiger partial charge in [0.25, 0.3) is 0 Å². The van der Waals surface area contributed by atoms with Gasteiger partial charge in [0.05, 0.1) is 6.54 Å². The first kappa shape index (κ1) is 13.1. The van der Waals surface area contributed by atoms with Gasteiger partial charge in [0.1, 0.15) is 5.76 Å². The van der Waals surface area contributed by atoms with Crippen molar-refractivity contribution in [3.05, 3.63) is 23.2 Å². The second-order valence-electron chi connectivity index (χ2n) is 5.05. The third kappa shape index (κ3) is 2.73. The number of nitrogens with zero attached hydrogens (tertiary/aromatic N) is 1. The van der Waals surface area contributed by atoms with Crippen LogP contribution in [0, 0.1) is 6.92 Å². The molecule has 100 valence electrons. The molecule has 1 aliphatic carbocycles. The van der Waals surface area contributed by atoms with Gasteiger partial charge in [-0.15, -0.1) is 0 Å². The Bertz CT molecular complexity index is 422. The van der Waals surface area contributed by atoms with Gasteiger partial charge < -0.3 is 4.42 Å².